The highest BCUT2D eigenvalue weighted by atomic mass is 16.3. The van der Waals surface area contributed by atoms with E-state index in [1.807, 2.05) is 6.92 Å². The molecule has 0 rings (SSSR count). The fourth-order valence-corrected chi connectivity index (χ4v) is 1.55. The van der Waals surface area contributed by atoms with E-state index < -0.39 is 0 Å². The van der Waals surface area contributed by atoms with Crippen molar-refractivity contribution in [3.63, 3.8) is 0 Å². The van der Waals surface area contributed by atoms with Gasteiger partial charge in [0.2, 0.25) is 0 Å². The van der Waals surface area contributed by atoms with Crippen LogP contribution < -0.4 is 0 Å². The first-order chi connectivity index (χ1) is 7.16. The van der Waals surface area contributed by atoms with Crippen molar-refractivity contribution in [3.8, 4) is 0 Å². The topological polar surface area (TPSA) is 37.3 Å². The molecule has 0 aromatic heterocycles. The van der Waals surface area contributed by atoms with Crippen molar-refractivity contribution in [1.29, 1.82) is 0 Å². The zero-order valence-corrected chi connectivity index (χ0v) is 9.87. The normalized spacial score (nSPS) is 12.4. The standard InChI is InChI=1S/C13H24O2/c1-3-13(15)11-9-7-5-4-6-8-10-12(2)14/h3,12,14H,1,4-11H2,2H3. The molecule has 2 nitrogen and oxygen atoms in total. The summed E-state index contributed by atoms with van der Waals surface area (Å²) in [6.45, 7) is 5.28. The van der Waals surface area contributed by atoms with Gasteiger partial charge in [-0.2, -0.15) is 0 Å². The van der Waals surface area contributed by atoms with Crippen molar-refractivity contribution in [2.75, 3.05) is 0 Å². The van der Waals surface area contributed by atoms with Gasteiger partial charge in [-0.15, -0.1) is 0 Å². The van der Waals surface area contributed by atoms with Gasteiger partial charge < -0.3 is 5.11 Å². The first-order valence-electron chi connectivity index (χ1n) is 6.00. The van der Waals surface area contributed by atoms with Crippen molar-refractivity contribution in [2.45, 2.75) is 64.4 Å². The summed E-state index contributed by atoms with van der Waals surface area (Å²) in [6.07, 6.45) is 9.66. The van der Waals surface area contributed by atoms with Gasteiger partial charge >= 0.3 is 0 Å². The van der Waals surface area contributed by atoms with E-state index in [0.717, 1.165) is 25.7 Å². The van der Waals surface area contributed by atoms with Crippen LogP contribution in [0.3, 0.4) is 0 Å². The van der Waals surface area contributed by atoms with Crippen molar-refractivity contribution in [1.82, 2.24) is 0 Å². The SMILES string of the molecule is C=CC(=O)CCCCCCCCC(C)O. The molecule has 0 aromatic carbocycles. The van der Waals surface area contributed by atoms with E-state index in [4.69, 9.17) is 5.11 Å². The van der Waals surface area contributed by atoms with Crippen LogP contribution in [0.5, 0.6) is 0 Å². The van der Waals surface area contributed by atoms with Gasteiger partial charge in [0.25, 0.3) is 0 Å². The van der Waals surface area contributed by atoms with Gasteiger partial charge in [0.15, 0.2) is 5.78 Å². The minimum Gasteiger partial charge on any atom is -0.393 e. The molecule has 88 valence electrons. The number of hydrogen-bond acceptors (Lipinski definition) is 2. The third-order valence-corrected chi connectivity index (χ3v) is 2.52. The Morgan fingerprint density at radius 2 is 1.73 bits per heavy atom. The maximum absolute atomic E-state index is 10.9. The predicted molar refractivity (Wildman–Crippen MR) is 63.8 cm³/mol. The highest BCUT2D eigenvalue weighted by Gasteiger charge is 1.97. The lowest BCUT2D eigenvalue weighted by atomic mass is 10.1. The smallest absolute Gasteiger partial charge is 0.155 e. The molecule has 0 saturated carbocycles. The largest absolute Gasteiger partial charge is 0.393 e. The molecule has 0 radical (unpaired) electrons. The molecule has 0 aliphatic heterocycles. The highest BCUT2D eigenvalue weighted by molar-refractivity contribution is 5.88. The highest BCUT2D eigenvalue weighted by Crippen LogP contribution is 2.09. The molecule has 15 heavy (non-hydrogen) atoms. The van der Waals surface area contributed by atoms with Gasteiger partial charge in [-0.25, -0.2) is 0 Å². The maximum Gasteiger partial charge on any atom is 0.155 e. The molecular formula is C13H24O2. The summed E-state index contributed by atoms with van der Waals surface area (Å²) in [5.41, 5.74) is 0. The summed E-state index contributed by atoms with van der Waals surface area (Å²) < 4.78 is 0. The van der Waals surface area contributed by atoms with Crippen molar-refractivity contribution >= 4 is 5.78 Å². The van der Waals surface area contributed by atoms with Crippen molar-refractivity contribution in [2.24, 2.45) is 0 Å². The Morgan fingerprint density at radius 3 is 2.27 bits per heavy atom. The third kappa shape index (κ3) is 11.3. The van der Waals surface area contributed by atoms with Gasteiger partial charge in [-0.3, -0.25) is 4.79 Å². The minimum atomic E-state index is -0.157. The van der Waals surface area contributed by atoms with E-state index in [-0.39, 0.29) is 11.9 Å². The van der Waals surface area contributed by atoms with Crippen LogP contribution in [0.4, 0.5) is 0 Å². The predicted octanol–water partition coefficient (Wildman–Crippen LogP) is 3.24. The number of hydrogen-bond donors (Lipinski definition) is 1. The number of aliphatic hydroxyl groups is 1. The molecular weight excluding hydrogens is 188 g/mol. The second-order valence-corrected chi connectivity index (χ2v) is 4.18. The van der Waals surface area contributed by atoms with Crippen molar-refractivity contribution in [3.05, 3.63) is 12.7 Å². The molecule has 0 heterocycles. The Hall–Kier alpha value is -0.630. The minimum absolute atomic E-state index is 0.157. The Bertz CT molecular complexity index is 173. The lowest BCUT2D eigenvalue weighted by Crippen LogP contribution is -1.98. The van der Waals surface area contributed by atoms with E-state index in [2.05, 4.69) is 6.58 Å². The molecule has 1 N–H and O–H groups in total. The third-order valence-electron chi connectivity index (χ3n) is 2.52. The summed E-state index contributed by atoms with van der Waals surface area (Å²) in [4.78, 5) is 10.9. The molecule has 1 atom stereocenters. The summed E-state index contributed by atoms with van der Waals surface area (Å²) in [7, 11) is 0. The Balaban J connectivity index is 3.05. The van der Waals surface area contributed by atoms with Crippen LogP contribution in [0, 0.1) is 0 Å². The Labute approximate surface area is 93.4 Å². The Kier molecular flexibility index (Phi) is 9.49. The molecule has 0 saturated heterocycles. The molecule has 0 amide bonds. The van der Waals surface area contributed by atoms with Gasteiger partial charge in [-0.1, -0.05) is 38.7 Å². The van der Waals surface area contributed by atoms with Gasteiger partial charge in [0.05, 0.1) is 6.10 Å². The lowest BCUT2D eigenvalue weighted by molar-refractivity contribution is -0.114. The average Bonchev–Trinajstić information content (AvgIpc) is 2.21. The molecule has 0 bridgehead atoms. The quantitative estimate of drug-likeness (QED) is 0.446. The van der Waals surface area contributed by atoms with Crippen LogP contribution >= 0.6 is 0 Å². The number of carbonyl (C=O) groups is 1. The molecule has 2 heteroatoms. The summed E-state index contributed by atoms with van der Waals surface area (Å²) in [6, 6.07) is 0. The lowest BCUT2D eigenvalue weighted by Gasteiger charge is -2.03. The van der Waals surface area contributed by atoms with Crippen LogP contribution in [0.25, 0.3) is 0 Å². The second-order valence-electron chi connectivity index (χ2n) is 4.18. The summed E-state index contributed by atoms with van der Waals surface area (Å²) in [5.74, 6) is 0.157. The second kappa shape index (κ2) is 9.91. The van der Waals surface area contributed by atoms with E-state index in [0.29, 0.717) is 6.42 Å². The number of ketones is 1. The van der Waals surface area contributed by atoms with Crippen LogP contribution in [0.1, 0.15) is 58.3 Å². The zero-order chi connectivity index (χ0) is 11.5. The first-order valence-corrected chi connectivity index (χ1v) is 6.00. The fourth-order valence-electron chi connectivity index (χ4n) is 1.55. The first kappa shape index (κ1) is 14.4. The van der Waals surface area contributed by atoms with Crippen LogP contribution in [0.15, 0.2) is 12.7 Å². The number of allylic oxidation sites excluding steroid dienone is 1. The van der Waals surface area contributed by atoms with E-state index in [1.54, 1.807) is 0 Å². The molecule has 0 aliphatic rings. The average molecular weight is 212 g/mol. The van der Waals surface area contributed by atoms with Crippen LogP contribution in [-0.2, 0) is 4.79 Å². The van der Waals surface area contributed by atoms with Gasteiger partial charge in [0, 0.05) is 6.42 Å². The number of aliphatic hydroxyl groups excluding tert-OH is 1. The Morgan fingerprint density at radius 1 is 1.20 bits per heavy atom. The zero-order valence-electron chi connectivity index (χ0n) is 9.87. The molecule has 0 aliphatic carbocycles. The summed E-state index contributed by atoms with van der Waals surface area (Å²) >= 11 is 0. The maximum atomic E-state index is 10.9. The molecule has 0 fully saturated rings. The van der Waals surface area contributed by atoms with Crippen LogP contribution in [0.2, 0.25) is 0 Å². The molecule has 0 spiro atoms. The molecule has 0 aromatic rings. The fraction of sp³-hybridized carbons (Fsp3) is 0.769. The van der Waals surface area contributed by atoms with Crippen molar-refractivity contribution < 1.29 is 9.90 Å². The monoisotopic (exact) mass is 212 g/mol. The van der Waals surface area contributed by atoms with Gasteiger partial charge in [-0.05, 0) is 25.8 Å². The van der Waals surface area contributed by atoms with Gasteiger partial charge in [0.1, 0.15) is 0 Å². The number of rotatable bonds is 10. The number of unbranched alkanes of at least 4 members (excludes halogenated alkanes) is 5. The van der Waals surface area contributed by atoms with Crippen LogP contribution in [-0.4, -0.2) is 17.0 Å². The van der Waals surface area contributed by atoms with E-state index >= 15 is 0 Å². The number of carbonyl (C=O) groups excluding carboxylic acids is 1. The summed E-state index contributed by atoms with van der Waals surface area (Å²) in [5, 5.41) is 9.03. The van der Waals surface area contributed by atoms with E-state index in [9.17, 15) is 4.79 Å². The molecule has 1 unspecified atom stereocenters. The van der Waals surface area contributed by atoms with E-state index in [1.165, 1.54) is 25.3 Å².